The minimum atomic E-state index is -0.377. The quantitative estimate of drug-likeness (QED) is 0.566. The number of benzene rings is 1. The molecule has 0 bridgehead atoms. The number of nitrogens with one attached hydrogen (secondary N) is 4. The summed E-state index contributed by atoms with van der Waals surface area (Å²) in [6.07, 6.45) is 0. The number of hydrogen-bond donors (Lipinski definition) is 4. The molecule has 0 saturated carbocycles. The van der Waals surface area contributed by atoms with E-state index in [0.29, 0.717) is 11.4 Å². The third-order valence-corrected chi connectivity index (χ3v) is 3.49. The normalized spacial score (nSPS) is 13.1. The number of rotatable bonds is 7. The Morgan fingerprint density at radius 2 is 1.50 bits per heavy atom. The van der Waals surface area contributed by atoms with Gasteiger partial charge < -0.3 is 20.9 Å². The fourth-order valence-electron chi connectivity index (χ4n) is 2.09. The van der Waals surface area contributed by atoms with Crippen LogP contribution in [0.15, 0.2) is 24.3 Å². The van der Waals surface area contributed by atoms with Crippen LogP contribution in [-0.2, 0) is 14.4 Å². The van der Waals surface area contributed by atoms with Gasteiger partial charge in [-0.05, 0) is 45.0 Å². The van der Waals surface area contributed by atoms with E-state index in [4.69, 9.17) is 0 Å². The molecule has 132 valence electrons. The summed E-state index contributed by atoms with van der Waals surface area (Å²) in [6.45, 7) is 7.24. The molecular formula is C17H27N4O3+. The highest BCUT2D eigenvalue weighted by atomic mass is 16.2. The molecule has 1 aromatic carbocycles. The van der Waals surface area contributed by atoms with E-state index in [1.54, 1.807) is 31.2 Å². The van der Waals surface area contributed by atoms with Gasteiger partial charge in [-0.15, -0.1) is 0 Å². The van der Waals surface area contributed by atoms with Crippen LogP contribution < -0.4 is 20.9 Å². The van der Waals surface area contributed by atoms with Gasteiger partial charge in [0.2, 0.25) is 5.91 Å². The first kappa shape index (κ1) is 19.6. The highest BCUT2D eigenvalue weighted by molar-refractivity contribution is 5.94. The number of likely N-dealkylation sites (N-methyl/N-ethyl adjacent to an activating group) is 1. The minimum Gasteiger partial charge on any atom is -0.349 e. The van der Waals surface area contributed by atoms with E-state index in [1.807, 2.05) is 20.9 Å². The first-order valence-electron chi connectivity index (χ1n) is 7.99. The lowest BCUT2D eigenvalue weighted by Crippen LogP contribution is -3.15. The van der Waals surface area contributed by atoms with Gasteiger partial charge in [0.1, 0.15) is 0 Å². The molecule has 1 rings (SSSR count). The summed E-state index contributed by atoms with van der Waals surface area (Å²) < 4.78 is 0. The van der Waals surface area contributed by atoms with Crippen molar-refractivity contribution >= 4 is 29.1 Å². The van der Waals surface area contributed by atoms with Gasteiger partial charge in [0.15, 0.2) is 12.6 Å². The molecule has 0 aliphatic heterocycles. The largest absolute Gasteiger partial charge is 0.349 e. The maximum atomic E-state index is 12.3. The third kappa shape index (κ3) is 6.78. The predicted molar refractivity (Wildman–Crippen MR) is 93.9 cm³/mol. The van der Waals surface area contributed by atoms with Gasteiger partial charge in [-0.3, -0.25) is 14.4 Å². The van der Waals surface area contributed by atoms with E-state index in [1.165, 1.54) is 6.92 Å². The maximum Gasteiger partial charge on any atom is 0.282 e. The third-order valence-electron chi connectivity index (χ3n) is 3.49. The fourth-order valence-corrected chi connectivity index (χ4v) is 2.09. The molecule has 0 spiro atoms. The standard InChI is InChI=1S/C17H26N4O3/c1-11(2)18-16(23)10-21(5)12(3)17(24)20-15-8-6-14(7-9-15)19-13(4)22/h6-9,11-12H,10H2,1-5H3,(H,18,23)(H,19,22)(H,20,24)/p+1/t12-/m0/s1. The number of quaternary nitrogens is 1. The number of hydrogen-bond acceptors (Lipinski definition) is 3. The average molecular weight is 335 g/mol. The van der Waals surface area contributed by atoms with Crippen LogP contribution in [0.2, 0.25) is 0 Å². The van der Waals surface area contributed by atoms with E-state index < -0.39 is 0 Å². The first-order valence-corrected chi connectivity index (χ1v) is 7.99. The molecule has 7 nitrogen and oxygen atoms in total. The monoisotopic (exact) mass is 335 g/mol. The van der Waals surface area contributed by atoms with Crippen molar-refractivity contribution in [1.82, 2.24) is 5.32 Å². The van der Waals surface area contributed by atoms with Gasteiger partial charge in [-0.1, -0.05) is 0 Å². The number of amides is 3. The van der Waals surface area contributed by atoms with Crippen LogP contribution in [0.3, 0.4) is 0 Å². The van der Waals surface area contributed by atoms with Crippen LogP contribution >= 0.6 is 0 Å². The Morgan fingerprint density at radius 1 is 1.00 bits per heavy atom. The molecule has 0 radical (unpaired) electrons. The van der Waals surface area contributed by atoms with Crippen LogP contribution in [0.25, 0.3) is 0 Å². The minimum absolute atomic E-state index is 0.0801. The Bertz CT molecular complexity index is 584. The van der Waals surface area contributed by atoms with Crippen molar-refractivity contribution in [2.75, 3.05) is 24.2 Å². The molecule has 0 aliphatic carbocycles. The lowest BCUT2D eigenvalue weighted by molar-refractivity contribution is -0.885. The van der Waals surface area contributed by atoms with Crippen molar-refractivity contribution in [2.45, 2.75) is 39.8 Å². The van der Waals surface area contributed by atoms with Crippen molar-refractivity contribution in [3.05, 3.63) is 24.3 Å². The molecule has 2 atom stereocenters. The molecule has 0 heterocycles. The highest BCUT2D eigenvalue weighted by Crippen LogP contribution is 2.13. The summed E-state index contributed by atoms with van der Waals surface area (Å²) in [5.41, 5.74) is 1.31. The van der Waals surface area contributed by atoms with Crippen LogP contribution in [0.4, 0.5) is 11.4 Å². The van der Waals surface area contributed by atoms with Crippen molar-refractivity contribution in [3.63, 3.8) is 0 Å². The Hall–Kier alpha value is -2.41. The lowest BCUT2D eigenvalue weighted by atomic mass is 10.2. The molecule has 7 heteroatoms. The van der Waals surface area contributed by atoms with Gasteiger partial charge in [0.05, 0.1) is 7.05 Å². The van der Waals surface area contributed by atoms with Gasteiger partial charge in [-0.2, -0.15) is 0 Å². The van der Waals surface area contributed by atoms with Gasteiger partial charge in [0.25, 0.3) is 11.8 Å². The molecule has 0 aromatic heterocycles. The molecule has 0 saturated heterocycles. The number of carbonyl (C=O) groups is 3. The second kappa shape index (κ2) is 9.02. The summed E-state index contributed by atoms with van der Waals surface area (Å²) in [7, 11) is 1.81. The van der Waals surface area contributed by atoms with E-state index >= 15 is 0 Å². The molecular weight excluding hydrogens is 308 g/mol. The van der Waals surface area contributed by atoms with Crippen molar-refractivity contribution in [1.29, 1.82) is 0 Å². The zero-order valence-electron chi connectivity index (χ0n) is 14.9. The SMILES string of the molecule is CC(=O)Nc1ccc(NC(=O)[C@H](C)[NH+](C)CC(=O)NC(C)C)cc1. The molecule has 1 unspecified atom stereocenters. The van der Waals surface area contributed by atoms with Crippen LogP contribution in [0, 0.1) is 0 Å². The van der Waals surface area contributed by atoms with Crippen molar-refractivity contribution in [2.24, 2.45) is 0 Å². The van der Waals surface area contributed by atoms with Crippen LogP contribution in [-0.4, -0.2) is 43.4 Å². The maximum absolute atomic E-state index is 12.3. The Kier molecular flexibility index (Phi) is 7.38. The smallest absolute Gasteiger partial charge is 0.282 e. The van der Waals surface area contributed by atoms with Gasteiger partial charge in [0, 0.05) is 24.3 Å². The highest BCUT2D eigenvalue weighted by Gasteiger charge is 2.24. The van der Waals surface area contributed by atoms with E-state index in [9.17, 15) is 14.4 Å². The Labute approximate surface area is 142 Å². The summed E-state index contributed by atoms with van der Waals surface area (Å²) in [4.78, 5) is 35.8. The van der Waals surface area contributed by atoms with Gasteiger partial charge in [-0.25, -0.2) is 0 Å². The number of carbonyl (C=O) groups excluding carboxylic acids is 3. The molecule has 0 aliphatic rings. The van der Waals surface area contributed by atoms with Crippen molar-refractivity contribution < 1.29 is 19.3 Å². The zero-order chi connectivity index (χ0) is 18.3. The molecule has 4 N–H and O–H groups in total. The summed E-state index contributed by atoms with van der Waals surface area (Å²) >= 11 is 0. The average Bonchev–Trinajstić information content (AvgIpc) is 2.46. The zero-order valence-corrected chi connectivity index (χ0v) is 14.9. The second-order valence-electron chi connectivity index (χ2n) is 6.21. The summed E-state index contributed by atoms with van der Waals surface area (Å²) in [5, 5.41) is 8.29. The fraction of sp³-hybridized carbons (Fsp3) is 0.471. The van der Waals surface area contributed by atoms with E-state index in [-0.39, 0.29) is 36.3 Å². The summed E-state index contributed by atoms with van der Waals surface area (Å²) in [6, 6.07) is 6.57. The Balaban J connectivity index is 2.56. The molecule has 1 aromatic rings. The molecule has 24 heavy (non-hydrogen) atoms. The molecule has 0 fully saturated rings. The van der Waals surface area contributed by atoms with Gasteiger partial charge >= 0.3 is 0 Å². The Morgan fingerprint density at radius 3 is 1.96 bits per heavy atom. The number of anilines is 2. The first-order chi connectivity index (χ1) is 11.2. The predicted octanol–water partition coefficient (Wildman–Crippen LogP) is 0.0113. The summed E-state index contributed by atoms with van der Waals surface area (Å²) in [5.74, 6) is -0.399. The lowest BCUT2D eigenvalue weighted by Gasteiger charge is -2.21. The topological polar surface area (TPSA) is 91.7 Å². The second-order valence-corrected chi connectivity index (χ2v) is 6.21. The molecule has 3 amide bonds. The van der Waals surface area contributed by atoms with E-state index in [0.717, 1.165) is 4.90 Å². The van der Waals surface area contributed by atoms with Crippen LogP contribution in [0.1, 0.15) is 27.7 Å². The van der Waals surface area contributed by atoms with E-state index in [2.05, 4.69) is 16.0 Å². The van der Waals surface area contributed by atoms with Crippen LogP contribution in [0.5, 0.6) is 0 Å². The van der Waals surface area contributed by atoms with Crippen molar-refractivity contribution in [3.8, 4) is 0 Å².